The van der Waals surface area contributed by atoms with Crippen LogP contribution in [-0.4, -0.2) is 41.1 Å². The highest BCUT2D eigenvalue weighted by atomic mass is 15.3. The van der Waals surface area contributed by atoms with Gasteiger partial charge in [-0.3, -0.25) is 0 Å². The number of hydrogen-bond acceptors (Lipinski definition) is 4. The molecule has 1 spiro atoms. The van der Waals surface area contributed by atoms with Crippen molar-refractivity contribution in [2.24, 2.45) is 5.41 Å². The van der Waals surface area contributed by atoms with Gasteiger partial charge in [0.1, 0.15) is 17.8 Å². The van der Waals surface area contributed by atoms with Crippen molar-refractivity contribution in [3.05, 3.63) is 18.1 Å². The maximum atomic E-state index is 4.54. The van der Waals surface area contributed by atoms with Crippen LogP contribution in [0.5, 0.6) is 0 Å². The number of nitrogens with one attached hydrogen (secondary N) is 2. The van der Waals surface area contributed by atoms with Crippen LogP contribution >= 0.6 is 0 Å². The largest absolute Gasteiger partial charge is 0.355 e. The summed E-state index contributed by atoms with van der Waals surface area (Å²) >= 11 is 0. The molecule has 0 saturated carbocycles. The Morgan fingerprint density at radius 1 is 1.37 bits per heavy atom. The van der Waals surface area contributed by atoms with E-state index in [-0.39, 0.29) is 0 Å². The predicted octanol–water partition coefficient (Wildman–Crippen LogP) is 1.32. The van der Waals surface area contributed by atoms with Crippen LogP contribution in [0.1, 0.15) is 18.9 Å². The highest BCUT2D eigenvalue weighted by Gasteiger charge is 2.45. The summed E-state index contributed by atoms with van der Waals surface area (Å²) in [5.41, 5.74) is 2.78. The molecule has 0 amide bonds. The number of hydrogen-bond donors (Lipinski definition) is 2. The Kier molecular flexibility index (Phi) is 2.33. The Morgan fingerprint density at radius 3 is 3.00 bits per heavy atom. The summed E-state index contributed by atoms with van der Waals surface area (Å²) in [4.78, 5) is 14.5. The van der Waals surface area contributed by atoms with E-state index in [1.807, 2.05) is 0 Å². The average molecular weight is 257 g/mol. The molecule has 4 rings (SSSR count). The van der Waals surface area contributed by atoms with E-state index in [4.69, 9.17) is 0 Å². The van der Waals surface area contributed by atoms with Crippen molar-refractivity contribution < 1.29 is 0 Å². The van der Waals surface area contributed by atoms with Gasteiger partial charge in [0.2, 0.25) is 0 Å². The van der Waals surface area contributed by atoms with Crippen molar-refractivity contribution in [1.29, 1.82) is 0 Å². The Balaban J connectivity index is 1.70. The van der Waals surface area contributed by atoms with Crippen LogP contribution in [0.4, 0.5) is 5.82 Å². The molecule has 4 heterocycles. The minimum atomic E-state index is 0.500. The molecule has 100 valence electrons. The van der Waals surface area contributed by atoms with Gasteiger partial charge in [-0.1, -0.05) is 6.92 Å². The van der Waals surface area contributed by atoms with Gasteiger partial charge in [-0.25, -0.2) is 9.97 Å². The average Bonchev–Trinajstić information content (AvgIpc) is 3.03. The lowest BCUT2D eigenvalue weighted by molar-refractivity contribution is 0.242. The van der Waals surface area contributed by atoms with Crippen LogP contribution in [0.2, 0.25) is 0 Å². The van der Waals surface area contributed by atoms with Gasteiger partial charge in [-0.15, -0.1) is 0 Å². The lowest BCUT2D eigenvalue weighted by atomic mass is 9.79. The lowest BCUT2D eigenvalue weighted by Gasteiger charge is -2.48. The predicted molar refractivity (Wildman–Crippen MR) is 75.4 cm³/mol. The van der Waals surface area contributed by atoms with Crippen LogP contribution < -0.4 is 10.2 Å². The zero-order valence-electron chi connectivity index (χ0n) is 11.2. The molecule has 2 aromatic heterocycles. The third kappa shape index (κ3) is 1.57. The fraction of sp³-hybridized carbons (Fsp3) is 0.571. The first-order chi connectivity index (χ1) is 9.31. The van der Waals surface area contributed by atoms with Gasteiger partial charge in [0.05, 0.1) is 5.39 Å². The highest BCUT2D eigenvalue weighted by Crippen LogP contribution is 2.40. The highest BCUT2D eigenvalue weighted by molar-refractivity contribution is 5.91. The lowest BCUT2D eigenvalue weighted by Crippen LogP contribution is -2.57. The number of anilines is 1. The number of H-pyrrole nitrogens is 1. The summed E-state index contributed by atoms with van der Waals surface area (Å²) in [7, 11) is 0. The minimum Gasteiger partial charge on any atom is -0.355 e. The number of aromatic nitrogens is 3. The first kappa shape index (κ1) is 11.2. The smallest absolute Gasteiger partial charge is 0.143 e. The molecule has 19 heavy (non-hydrogen) atoms. The normalized spacial score (nSPS) is 21.2. The molecule has 0 aliphatic carbocycles. The molecule has 2 saturated heterocycles. The molecule has 0 bridgehead atoms. The second kappa shape index (κ2) is 3.93. The summed E-state index contributed by atoms with van der Waals surface area (Å²) in [6.07, 6.45) is 6.05. The zero-order chi connectivity index (χ0) is 12.9. The molecule has 0 radical (unpaired) electrons. The van der Waals surface area contributed by atoms with Gasteiger partial charge in [-0.2, -0.15) is 0 Å². The summed E-state index contributed by atoms with van der Waals surface area (Å²) in [6, 6.07) is 0. The van der Waals surface area contributed by atoms with Crippen molar-refractivity contribution in [2.45, 2.75) is 19.8 Å². The molecule has 0 unspecified atom stereocenters. The molecule has 0 aromatic carbocycles. The van der Waals surface area contributed by atoms with Crippen LogP contribution in [0.3, 0.4) is 0 Å². The topological polar surface area (TPSA) is 56.8 Å². The number of aromatic amines is 1. The van der Waals surface area contributed by atoms with Crippen molar-refractivity contribution in [1.82, 2.24) is 20.3 Å². The van der Waals surface area contributed by atoms with E-state index in [0.717, 1.165) is 44.1 Å². The molecule has 5 nitrogen and oxygen atoms in total. The van der Waals surface area contributed by atoms with Gasteiger partial charge in [0.25, 0.3) is 0 Å². The van der Waals surface area contributed by atoms with E-state index in [9.17, 15) is 0 Å². The fourth-order valence-corrected chi connectivity index (χ4v) is 3.51. The van der Waals surface area contributed by atoms with Crippen molar-refractivity contribution in [3.8, 4) is 0 Å². The van der Waals surface area contributed by atoms with E-state index in [1.54, 1.807) is 6.33 Å². The van der Waals surface area contributed by atoms with Gasteiger partial charge in [-0.05, 0) is 24.9 Å². The third-order valence-electron chi connectivity index (χ3n) is 4.60. The monoisotopic (exact) mass is 257 g/mol. The Morgan fingerprint density at radius 2 is 2.26 bits per heavy atom. The summed E-state index contributed by atoms with van der Waals surface area (Å²) in [6.45, 7) is 6.75. The summed E-state index contributed by atoms with van der Waals surface area (Å²) in [5, 5.41) is 4.69. The second-order valence-electron chi connectivity index (χ2n) is 5.87. The van der Waals surface area contributed by atoms with Gasteiger partial charge >= 0.3 is 0 Å². The number of fused-ring (bicyclic) bond motifs is 1. The van der Waals surface area contributed by atoms with Crippen molar-refractivity contribution >= 4 is 16.9 Å². The van der Waals surface area contributed by atoms with E-state index in [0.29, 0.717) is 5.41 Å². The number of aryl methyl sites for hydroxylation is 1. The Labute approximate surface area is 112 Å². The van der Waals surface area contributed by atoms with E-state index in [2.05, 4.69) is 38.3 Å². The van der Waals surface area contributed by atoms with Crippen LogP contribution in [0.25, 0.3) is 11.0 Å². The van der Waals surface area contributed by atoms with Crippen LogP contribution in [0, 0.1) is 5.41 Å². The minimum absolute atomic E-state index is 0.500. The molecule has 2 fully saturated rings. The van der Waals surface area contributed by atoms with Crippen LogP contribution in [0.15, 0.2) is 12.5 Å². The van der Waals surface area contributed by atoms with E-state index < -0.39 is 0 Å². The second-order valence-corrected chi connectivity index (χ2v) is 5.87. The first-order valence-corrected chi connectivity index (χ1v) is 7.08. The molecule has 2 aliphatic heterocycles. The number of rotatable bonds is 2. The maximum absolute atomic E-state index is 4.54. The van der Waals surface area contributed by atoms with E-state index in [1.165, 1.54) is 17.4 Å². The zero-order valence-corrected chi connectivity index (χ0v) is 11.2. The molecular weight excluding hydrogens is 238 g/mol. The van der Waals surface area contributed by atoms with Crippen molar-refractivity contribution in [3.63, 3.8) is 0 Å². The standard InChI is InChI=1S/C14H19N5/c1-2-10-5-16-12-11(10)13(18-9-17-12)19-7-14(8-19)3-4-15-6-14/h5,9,15H,2-4,6-8H2,1H3,(H,16,17,18). The summed E-state index contributed by atoms with van der Waals surface area (Å²) in [5.74, 6) is 1.11. The third-order valence-corrected chi connectivity index (χ3v) is 4.60. The van der Waals surface area contributed by atoms with Crippen molar-refractivity contribution in [2.75, 3.05) is 31.1 Å². The van der Waals surface area contributed by atoms with Gasteiger partial charge < -0.3 is 15.2 Å². The quantitative estimate of drug-likeness (QED) is 0.852. The molecule has 2 N–H and O–H groups in total. The molecule has 0 atom stereocenters. The van der Waals surface area contributed by atoms with Gasteiger partial charge in [0, 0.05) is 31.2 Å². The summed E-state index contributed by atoms with van der Waals surface area (Å²) < 4.78 is 0. The van der Waals surface area contributed by atoms with Gasteiger partial charge in [0.15, 0.2) is 0 Å². The fourth-order valence-electron chi connectivity index (χ4n) is 3.51. The molecule has 2 aromatic rings. The first-order valence-electron chi connectivity index (χ1n) is 7.08. The Hall–Kier alpha value is -1.62. The Bertz CT molecular complexity index is 603. The SMILES string of the molecule is CCc1c[nH]c2ncnc(N3CC4(CCNC4)C3)c12. The van der Waals surface area contributed by atoms with Crippen LogP contribution in [-0.2, 0) is 6.42 Å². The van der Waals surface area contributed by atoms with E-state index >= 15 is 0 Å². The molecule has 2 aliphatic rings. The molecular formula is C14H19N5. The maximum Gasteiger partial charge on any atom is 0.143 e. The molecule has 5 heteroatoms. The number of nitrogens with zero attached hydrogens (tertiary/aromatic N) is 3.